The number of fused-ring (bicyclic) bond motifs is 1. The van der Waals surface area contributed by atoms with Gasteiger partial charge in [-0.1, -0.05) is 24.1 Å². The minimum absolute atomic E-state index is 0.191. The molecule has 138 valence electrons. The molecule has 0 radical (unpaired) electrons. The summed E-state index contributed by atoms with van der Waals surface area (Å²) in [5.74, 6) is -0.525. The largest absolute Gasteiger partial charge is 0.459 e. The van der Waals surface area contributed by atoms with Crippen molar-refractivity contribution in [1.82, 2.24) is 0 Å². The topological polar surface area (TPSA) is 55.4 Å². The highest BCUT2D eigenvalue weighted by molar-refractivity contribution is 7.17. The predicted octanol–water partition coefficient (Wildman–Crippen LogP) is 5.14. The molecule has 1 aromatic carbocycles. The van der Waals surface area contributed by atoms with E-state index in [4.69, 9.17) is 4.74 Å². The van der Waals surface area contributed by atoms with E-state index in [1.807, 2.05) is 39.0 Å². The maximum absolute atomic E-state index is 12.7. The zero-order valence-electron chi connectivity index (χ0n) is 15.6. The molecule has 0 atom stereocenters. The molecule has 0 saturated carbocycles. The zero-order valence-corrected chi connectivity index (χ0v) is 16.4. The maximum Gasteiger partial charge on any atom is 0.341 e. The number of hydrogen-bond acceptors (Lipinski definition) is 4. The number of esters is 1. The first kappa shape index (κ1) is 18.6. The Labute approximate surface area is 158 Å². The van der Waals surface area contributed by atoms with Gasteiger partial charge in [0.1, 0.15) is 5.00 Å². The van der Waals surface area contributed by atoms with Gasteiger partial charge >= 0.3 is 5.97 Å². The lowest BCUT2D eigenvalue weighted by atomic mass is 10.1. The number of carbonyl (C=O) groups is 2. The second kappa shape index (κ2) is 8.04. The highest BCUT2D eigenvalue weighted by Crippen LogP contribution is 2.38. The summed E-state index contributed by atoms with van der Waals surface area (Å²) >= 11 is 1.53. The minimum atomic E-state index is -0.334. The van der Waals surface area contributed by atoms with Crippen molar-refractivity contribution in [2.75, 3.05) is 5.32 Å². The number of benzene rings is 1. The molecule has 0 aliphatic heterocycles. The molecule has 0 unspecified atom stereocenters. The molecular weight excluding hydrogens is 346 g/mol. The van der Waals surface area contributed by atoms with Gasteiger partial charge in [0, 0.05) is 10.4 Å². The molecule has 1 amide bonds. The van der Waals surface area contributed by atoms with Gasteiger partial charge in [-0.3, -0.25) is 4.79 Å². The average molecular weight is 372 g/mol. The smallest absolute Gasteiger partial charge is 0.341 e. The van der Waals surface area contributed by atoms with Gasteiger partial charge in [0.2, 0.25) is 0 Å². The Bertz CT molecular complexity index is 823. The summed E-state index contributed by atoms with van der Waals surface area (Å²) in [6.45, 7) is 5.64. The molecule has 5 heteroatoms. The van der Waals surface area contributed by atoms with Crippen molar-refractivity contribution >= 4 is 28.2 Å². The van der Waals surface area contributed by atoms with Gasteiger partial charge in [-0.15, -0.1) is 11.3 Å². The second-order valence-corrected chi connectivity index (χ2v) is 8.15. The van der Waals surface area contributed by atoms with Crippen LogP contribution in [0.5, 0.6) is 0 Å². The molecule has 1 heterocycles. The van der Waals surface area contributed by atoms with Gasteiger partial charge in [-0.2, -0.15) is 0 Å². The summed E-state index contributed by atoms with van der Waals surface area (Å²) in [6.07, 6.45) is 5.00. The van der Waals surface area contributed by atoms with E-state index in [0.717, 1.165) is 36.8 Å². The summed E-state index contributed by atoms with van der Waals surface area (Å²) in [5.41, 5.74) is 3.25. The molecule has 1 aromatic heterocycles. The number of amides is 1. The summed E-state index contributed by atoms with van der Waals surface area (Å²) in [6, 6.07) is 7.45. The molecule has 3 rings (SSSR count). The molecule has 4 nitrogen and oxygen atoms in total. The summed E-state index contributed by atoms with van der Waals surface area (Å²) < 4.78 is 5.46. The first-order valence-electron chi connectivity index (χ1n) is 9.19. The number of nitrogens with one attached hydrogen (secondary N) is 1. The predicted molar refractivity (Wildman–Crippen MR) is 105 cm³/mol. The lowest BCUT2D eigenvalue weighted by molar-refractivity contribution is 0.0378. The lowest BCUT2D eigenvalue weighted by Crippen LogP contribution is -2.17. The van der Waals surface area contributed by atoms with Crippen LogP contribution in [-0.2, 0) is 17.6 Å². The zero-order chi connectivity index (χ0) is 18.7. The Morgan fingerprint density at radius 1 is 1.15 bits per heavy atom. The van der Waals surface area contributed by atoms with Crippen LogP contribution in [0.1, 0.15) is 69.8 Å². The van der Waals surface area contributed by atoms with Crippen molar-refractivity contribution in [3.8, 4) is 0 Å². The van der Waals surface area contributed by atoms with Crippen LogP contribution in [0.3, 0.4) is 0 Å². The lowest BCUT2D eigenvalue weighted by Gasteiger charge is -2.11. The van der Waals surface area contributed by atoms with Crippen molar-refractivity contribution in [3.63, 3.8) is 0 Å². The summed E-state index contributed by atoms with van der Waals surface area (Å²) in [5, 5.41) is 3.58. The fourth-order valence-electron chi connectivity index (χ4n) is 3.28. The van der Waals surface area contributed by atoms with E-state index in [0.29, 0.717) is 16.1 Å². The SMILES string of the molecule is Cc1cccc(C(=O)Nc2sc3c(c2C(=O)OC(C)C)CCCCC3)c1. The molecule has 0 saturated heterocycles. The Balaban J connectivity index is 1.95. The van der Waals surface area contributed by atoms with Crippen molar-refractivity contribution < 1.29 is 14.3 Å². The van der Waals surface area contributed by atoms with E-state index in [9.17, 15) is 9.59 Å². The molecule has 2 aromatic rings. The number of ether oxygens (including phenoxy) is 1. The monoisotopic (exact) mass is 371 g/mol. The van der Waals surface area contributed by atoms with Gasteiger partial charge in [0.05, 0.1) is 11.7 Å². The molecule has 0 spiro atoms. The van der Waals surface area contributed by atoms with Gasteiger partial charge in [-0.05, 0) is 64.2 Å². The fourth-order valence-corrected chi connectivity index (χ4v) is 4.55. The third kappa shape index (κ3) is 4.15. The molecule has 1 N–H and O–H groups in total. The number of thiophene rings is 1. The van der Waals surface area contributed by atoms with E-state index in [1.54, 1.807) is 6.07 Å². The van der Waals surface area contributed by atoms with Gasteiger partial charge in [0.25, 0.3) is 5.91 Å². The Hall–Kier alpha value is -2.14. The van der Waals surface area contributed by atoms with Crippen LogP contribution >= 0.6 is 11.3 Å². The van der Waals surface area contributed by atoms with Crippen molar-refractivity contribution in [3.05, 3.63) is 51.4 Å². The van der Waals surface area contributed by atoms with E-state index in [-0.39, 0.29) is 18.0 Å². The van der Waals surface area contributed by atoms with Gasteiger partial charge < -0.3 is 10.1 Å². The Morgan fingerprint density at radius 2 is 1.92 bits per heavy atom. The van der Waals surface area contributed by atoms with Crippen molar-refractivity contribution in [2.24, 2.45) is 0 Å². The Morgan fingerprint density at radius 3 is 2.65 bits per heavy atom. The highest BCUT2D eigenvalue weighted by atomic mass is 32.1. The summed E-state index contributed by atoms with van der Waals surface area (Å²) in [7, 11) is 0. The molecule has 1 aliphatic carbocycles. The number of rotatable bonds is 4. The first-order chi connectivity index (χ1) is 12.5. The highest BCUT2D eigenvalue weighted by Gasteiger charge is 2.27. The van der Waals surface area contributed by atoms with Crippen LogP contribution in [0, 0.1) is 6.92 Å². The van der Waals surface area contributed by atoms with Gasteiger partial charge in [0.15, 0.2) is 0 Å². The van der Waals surface area contributed by atoms with E-state index < -0.39 is 0 Å². The third-order valence-corrected chi connectivity index (χ3v) is 5.68. The van der Waals surface area contributed by atoms with Crippen LogP contribution in [0.15, 0.2) is 24.3 Å². The second-order valence-electron chi connectivity index (χ2n) is 7.05. The van der Waals surface area contributed by atoms with Crippen LogP contribution in [0.4, 0.5) is 5.00 Å². The average Bonchev–Trinajstić information content (AvgIpc) is 2.75. The Kier molecular flexibility index (Phi) is 5.77. The molecular formula is C21H25NO3S. The molecule has 26 heavy (non-hydrogen) atoms. The van der Waals surface area contributed by atoms with E-state index >= 15 is 0 Å². The number of anilines is 1. The number of carbonyl (C=O) groups excluding carboxylic acids is 2. The molecule has 0 fully saturated rings. The van der Waals surface area contributed by atoms with Crippen LogP contribution < -0.4 is 5.32 Å². The first-order valence-corrected chi connectivity index (χ1v) is 10.0. The standard InChI is InChI=1S/C21H25NO3S/c1-13(2)25-21(24)18-16-10-5-4-6-11-17(16)26-20(18)22-19(23)15-9-7-8-14(3)12-15/h7-9,12-13H,4-6,10-11H2,1-3H3,(H,22,23). The van der Waals surface area contributed by atoms with Crippen LogP contribution in [0.25, 0.3) is 0 Å². The fraction of sp³-hybridized carbons (Fsp3) is 0.429. The van der Waals surface area contributed by atoms with Crippen LogP contribution in [-0.4, -0.2) is 18.0 Å². The normalized spacial score (nSPS) is 13.8. The molecule has 1 aliphatic rings. The van der Waals surface area contributed by atoms with Crippen molar-refractivity contribution in [2.45, 2.75) is 59.0 Å². The maximum atomic E-state index is 12.7. The molecule has 0 bridgehead atoms. The number of aryl methyl sites for hydroxylation is 2. The quantitative estimate of drug-likeness (QED) is 0.598. The van der Waals surface area contributed by atoms with E-state index in [1.165, 1.54) is 22.6 Å². The minimum Gasteiger partial charge on any atom is -0.459 e. The van der Waals surface area contributed by atoms with Crippen LogP contribution in [0.2, 0.25) is 0 Å². The number of hydrogen-bond donors (Lipinski definition) is 1. The van der Waals surface area contributed by atoms with Crippen molar-refractivity contribution in [1.29, 1.82) is 0 Å². The van der Waals surface area contributed by atoms with E-state index in [2.05, 4.69) is 5.32 Å². The third-order valence-electron chi connectivity index (χ3n) is 4.48. The van der Waals surface area contributed by atoms with Gasteiger partial charge in [-0.25, -0.2) is 4.79 Å². The summed E-state index contributed by atoms with van der Waals surface area (Å²) in [4.78, 5) is 26.6.